The van der Waals surface area contributed by atoms with E-state index in [0.29, 0.717) is 18.0 Å². The lowest BCUT2D eigenvalue weighted by atomic mass is 10.1. The van der Waals surface area contributed by atoms with E-state index in [9.17, 15) is 4.39 Å². The second kappa shape index (κ2) is 6.79. The molecule has 6 heteroatoms. The number of hydrogen-bond acceptors (Lipinski definition) is 4. The molecule has 0 aliphatic carbocycles. The fourth-order valence-electron chi connectivity index (χ4n) is 3.22. The molecule has 0 amide bonds. The van der Waals surface area contributed by atoms with Crippen molar-refractivity contribution in [2.75, 3.05) is 5.32 Å². The Labute approximate surface area is 156 Å². The van der Waals surface area contributed by atoms with Gasteiger partial charge < -0.3 is 5.32 Å². The van der Waals surface area contributed by atoms with Crippen LogP contribution < -0.4 is 5.32 Å². The van der Waals surface area contributed by atoms with E-state index in [4.69, 9.17) is 0 Å². The van der Waals surface area contributed by atoms with Gasteiger partial charge >= 0.3 is 0 Å². The first-order valence-electron chi connectivity index (χ1n) is 8.79. The Balaban J connectivity index is 1.71. The van der Waals surface area contributed by atoms with Crippen molar-refractivity contribution in [3.05, 3.63) is 82.6 Å². The highest BCUT2D eigenvalue weighted by Crippen LogP contribution is 2.21. The van der Waals surface area contributed by atoms with E-state index in [2.05, 4.69) is 52.4 Å². The largest absolute Gasteiger partial charge is 0.340 e. The van der Waals surface area contributed by atoms with Crippen LogP contribution in [0, 0.1) is 26.6 Å². The number of hydrogen-bond donors (Lipinski definition) is 1. The van der Waals surface area contributed by atoms with E-state index in [1.807, 2.05) is 19.1 Å². The summed E-state index contributed by atoms with van der Waals surface area (Å²) in [5, 5.41) is 7.99. The van der Waals surface area contributed by atoms with Gasteiger partial charge in [-0.25, -0.2) is 9.37 Å². The van der Waals surface area contributed by atoms with Gasteiger partial charge in [-0.3, -0.25) is 0 Å². The zero-order valence-corrected chi connectivity index (χ0v) is 15.5. The fourth-order valence-corrected chi connectivity index (χ4v) is 3.22. The van der Waals surface area contributed by atoms with Crippen LogP contribution in [0.15, 0.2) is 48.5 Å². The van der Waals surface area contributed by atoms with Gasteiger partial charge in [-0.2, -0.15) is 9.50 Å². The molecule has 0 bridgehead atoms. The minimum atomic E-state index is -0.262. The predicted molar refractivity (Wildman–Crippen MR) is 104 cm³/mol. The fraction of sp³-hybridized carbons (Fsp3) is 0.190. The van der Waals surface area contributed by atoms with Crippen LogP contribution in [0.25, 0.3) is 5.78 Å². The molecule has 0 aliphatic heterocycles. The minimum absolute atomic E-state index is 0.262. The van der Waals surface area contributed by atoms with Crippen LogP contribution in [0.2, 0.25) is 0 Å². The molecule has 2 aromatic heterocycles. The number of nitrogens with zero attached hydrogens (tertiary/aromatic N) is 4. The van der Waals surface area contributed by atoms with Gasteiger partial charge in [-0.1, -0.05) is 18.2 Å². The molecule has 4 rings (SSSR count). The number of benzene rings is 2. The summed E-state index contributed by atoms with van der Waals surface area (Å²) in [4.78, 5) is 8.98. The average molecular weight is 361 g/mol. The Kier molecular flexibility index (Phi) is 4.32. The number of aromatic nitrogens is 4. The molecule has 1 N–H and O–H groups in total. The molecule has 27 heavy (non-hydrogen) atoms. The lowest BCUT2D eigenvalue weighted by Gasteiger charge is -2.10. The Bertz CT molecular complexity index is 1110. The predicted octanol–water partition coefficient (Wildman–Crippen LogP) is 4.52. The topological polar surface area (TPSA) is 55.1 Å². The smallest absolute Gasteiger partial charge is 0.254 e. The van der Waals surface area contributed by atoms with Crippen LogP contribution in [0.1, 0.15) is 28.2 Å². The molecule has 5 nitrogen and oxygen atoms in total. The van der Waals surface area contributed by atoms with E-state index in [1.54, 1.807) is 10.6 Å². The number of aryl methyl sites for hydroxylation is 3. The molecule has 2 aromatic carbocycles. The van der Waals surface area contributed by atoms with Gasteiger partial charge in [-0.05, 0) is 61.7 Å². The zero-order valence-electron chi connectivity index (χ0n) is 15.5. The van der Waals surface area contributed by atoms with Crippen molar-refractivity contribution in [3.8, 4) is 0 Å². The normalized spacial score (nSPS) is 11.1. The summed E-state index contributed by atoms with van der Waals surface area (Å²) < 4.78 is 15.1. The lowest BCUT2D eigenvalue weighted by Crippen LogP contribution is -2.03. The van der Waals surface area contributed by atoms with Gasteiger partial charge in [0.2, 0.25) is 0 Å². The molecule has 136 valence electrons. The summed E-state index contributed by atoms with van der Waals surface area (Å²) >= 11 is 0. The molecule has 0 atom stereocenters. The lowest BCUT2D eigenvalue weighted by molar-refractivity contribution is 0.625. The number of nitrogens with one attached hydrogen (secondary N) is 1. The van der Waals surface area contributed by atoms with E-state index in [-0.39, 0.29) is 5.82 Å². The number of rotatable bonds is 4. The third-order valence-corrected chi connectivity index (χ3v) is 4.23. The first-order valence-corrected chi connectivity index (χ1v) is 8.79. The maximum Gasteiger partial charge on any atom is 0.254 e. The zero-order chi connectivity index (χ0) is 19.0. The quantitative estimate of drug-likeness (QED) is 0.580. The second-order valence-corrected chi connectivity index (χ2v) is 6.83. The summed E-state index contributed by atoms with van der Waals surface area (Å²) in [6.45, 7) is 6.06. The highest BCUT2D eigenvalue weighted by Gasteiger charge is 2.11. The second-order valence-electron chi connectivity index (χ2n) is 6.83. The maximum absolute atomic E-state index is 13.4. The van der Waals surface area contributed by atoms with Crippen molar-refractivity contribution in [3.63, 3.8) is 0 Å². The van der Waals surface area contributed by atoms with Gasteiger partial charge in [0.15, 0.2) is 5.82 Å². The van der Waals surface area contributed by atoms with Gasteiger partial charge in [-0.15, -0.1) is 5.10 Å². The highest BCUT2D eigenvalue weighted by molar-refractivity contribution is 5.60. The van der Waals surface area contributed by atoms with E-state index < -0.39 is 0 Å². The first-order chi connectivity index (χ1) is 13.0. The summed E-state index contributed by atoms with van der Waals surface area (Å²) in [5.41, 5.74) is 5.03. The molecule has 0 aliphatic rings. The van der Waals surface area contributed by atoms with Crippen LogP contribution in [-0.2, 0) is 6.42 Å². The molecule has 0 radical (unpaired) electrons. The number of halogens is 1. The maximum atomic E-state index is 13.4. The van der Waals surface area contributed by atoms with Crippen molar-refractivity contribution in [1.82, 2.24) is 19.6 Å². The van der Waals surface area contributed by atoms with Crippen molar-refractivity contribution in [2.45, 2.75) is 27.2 Å². The summed E-state index contributed by atoms with van der Waals surface area (Å²) in [6, 6.07) is 14.7. The third-order valence-electron chi connectivity index (χ3n) is 4.23. The van der Waals surface area contributed by atoms with Crippen LogP contribution in [0.4, 0.5) is 15.9 Å². The average Bonchev–Trinajstić information content (AvgIpc) is 2.96. The third kappa shape index (κ3) is 3.79. The Morgan fingerprint density at radius 1 is 0.963 bits per heavy atom. The molecular weight excluding hydrogens is 341 g/mol. The van der Waals surface area contributed by atoms with Gasteiger partial charge in [0.1, 0.15) is 11.6 Å². The van der Waals surface area contributed by atoms with Crippen molar-refractivity contribution < 1.29 is 4.39 Å². The molecule has 4 aromatic rings. The molecule has 2 heterocycles. The number of anilines is 2. The summed E-state index contributed by atoms with van der Waals surface area (Å²) in [5.74, 6) is 1.65. The van der Waals surface area contributed by atoms with Crippen molar-refractivity contribution >= 4 is 17.3 Å². The van der Waals surface area contributed by atoms with Crippen molar-refractivity contribution in [2.24, 2.45) is 0 Å². The molecule has 0 spiro atoms. The van der Waals surface area contributed by atoms with Gasteiger partial charge in [0.25, 0.3) is 5.78 Å². The van der Waals surface area contributed by atoms with Gasteiger partial charge in [0, 0.05) is 23.9 Å². The highest BCUT2D eigenvalue weighted by atomic mass is 19.1. The SMILES string of the molecule is Cc1cc(C)cc(Nc2cc(C)nc3nc(Cc4cccc(F)c4)nn23)c1. The summed E-state index contributed by atoms with van der Waals surface area (Å²) in [7, 11) is 0. The number of fused-ring (bicyclic) bond motifs is 1. The van der Waals surface area contributed by atoms with Crippen LogP contribution in [0.5, 0.6) is 0 Å². The Morgan fingerprint density at radius 3 is 2.48 bits per heavy atom. The molecular formula is C21H20FN5. The minimum Gasteiger partial charge on any atom is -0.340 e. The summed E-state index contributed by atoms with van der Waals surface area (Å²) in [6.07, 6.45) is 0.448. The molecule has 0 unspecified atom stereocenters. The Hall–Kier alpha value is -3.28. The van der Waals surface area contributed by atoms with Crippen LogP contribution in [-0.4, -0.2) is 19.6 Å². The van der Waals surface area contributed by atoms with E-state index in [1.165, 1.54) is 23.3 Å². The first kappa shape index (κ1) is 17.1. The monoisotopic (exact) mass is 361 g/mol. The van der Waals surface area contributed by atoms with Crippen LogP contribution in [0.3, 0.4) is 0 Å². The molecule has 0 saturated heterocycles. The van der Waals surface area contributed by atoms with Crippen molar-refractivity contribution in [1.29, 1.82) is 0 Å². The van der Waals surface area contributed by atoms with E-state index >= 15 is 0 Å². The Morgan fingerprint density at radius 2 is 1.74 bits per heavy atom. The van der Waals surface area contributed by atoms with Crippen LogP contribution >= 0.6 is 0 Å². The van der Waals surface area contributed by atoms with Gasteiger partial charge in [0.05, 0.1) is 0 Å². The molecule has 0 fully saturated rings. The molecule has 0 saturated carbocycles. The van der Waals surface area contributed by atoms with E-state index in [0.717, 1.165) is 22.8 Å². The standard InChI is InChI=1S/C21H20FN5/c1-13-7-14(2)9-18(8-13)24-20-10-15(3)23-21-25-19(26-27(20)21)12-16-5-4-6-17(22)11-16/h4-11,24H,12H2,1-3H3.